The minimum atomic E-state index is -4.45. The minimum absolute atomic E-state index is 0.0608. The van der Waals surface area contributed by atoms with Gasteiger partial charge in [0.15, 0.2) is 0 Å². The Morgan fingerprint density at radius 3 is 2.53 bits per heavy atom. The molecular formula is C12H14ClF3N2O. The first-order chi connectivity index (χ1) is 8.84. The third-order valence-electron chi connectivity index (χ3n) is 3.05. The second kappa shape index (κ2) is 5.54. The smallest absolute Gasteiger partial charge is 0.416 e. The van der Waals surface area contributed by atoms with E-state index in [2.05, 4.69) is 9.88 Å². The number of halogens is 4. The van der Waals surface area contributed by atoms with E-state index in [1.807, 2.05) is 7.05 Å². The predicted octanol–water partition coefficient (Wildman–Crippen LogP) is 3.23. The van der Waals surface area contributed by atoms with E-state index in [9.17, 15) is 13.2 Å². The van der Waals surface area contributed by atoms with Gasteiger partial charge in [-0.05, 0) is 26.0 Å². The van der Waals surface area contributed by atoms with E-state index >= 15 is 0 Å². The molecule has 1 fully saturated rings. The molecule has 1 aliphatic rings. The van der Waals surface area contributed by atoms with Crippen molar-refractivity contribution in [1.82, 2.24) is 9.88 Å². The maximum atomic E-state index is 12.6. The first kappa shape index (κ1) is 14.4. The first-order valence-electron chi connectivity index (χ1n) is 5.94. The van der Waals surface area contributed by atoms with Crippen molar-refractivity contribution in [2.75, 3.05) is 20.1 Å². The van der Waals surface area contributed by atoms with Crippen molar-refractivity contribution in [3.05, 3.63) is 22.8 Å². The number of alkyl halides is 3. The van der Waals surface area contributed by atoms with Crippen LogP contribution in [0.5, 0.6) is 5.88 Å². The molecule has 7 heteroatoms. The number of pyridine rings is 1. The molecule has 0 atom stereocenters. The maximum Gasteiger partial charge on any atom is 0.416 e. The Morgan fingerprint density at radius 1 is 1.32 bits per heavy atom. The van der Waals surface area contributed by atoms with Gasteiger partial charge in [-0.1, -0.05) is 11.6 Å². The summed E-state index contributed by atoms with van der Waals surface area (Å²) in [4.78, 5) is 5.94. The second-order valence-corrected chi connectivity index (χ2v) is 5.02. The van der Waals surface area contributed by atoms with E-state index in [4.69, 9.17) is 16.3 Å². The molecule has 2 rings (SSSR count). The number of hydrogen-bond donors (Lipinski definition) is 0. The van der Waals surface area contributed by atoms with Crippen molar-refractivity contribution < 1.29 is 17.9 Å². The molecule has 3 nitrogen and oxygen atoms in total. The van der Waals surface area contributed by atoms with Gasteiger partial charge in [0, 0.05) is 19.2 Å². The third kappa shape index (κ3) is 3.98. The molecule has 0 N–H and O–H groups in total. The molecule has 2 heterocycles. The first-order valence-corrected chi connectivity index (χ1v) is 6.32. The van der Waals surface area contributed by atoms with E-state index < -0.39 is 11.7 Å². The zero-order valence-corrected chi connectivity index (χ0v) is 11.1. The number of rotatable bonds is 2. The summed E-state index contributed by atoms with van der Waals surface area (Å²) in [6.45, 7) is 1.72. The molecule has 1 saturated heterocycles. The van der Waals surface area contributed by atoms with Gasteiger partial charge in [-0.3, -0.25) is 0 Å². The Labute approximate surface area is 114 Å². The Morgan fingerprint density at radius 2 is 1.95 bits per heavy atom. The summed E-state index contributed by atoms with van der Waals surface area (Å²) >= 11 is 5.60. The third-order valence-corrected chi connectivity index (χ3v) is 3.24. The lowest BCUT2D eigenvalue weighted by Gasteiger charge is -2.29. The largest absolute Gasteiger partial charge is 0.474 e. The molecule has 0 amide bonds. The van der Waals surface area contributed by atoms with Gasteiger partial charge >= 0.3 is 6.18 Å². The fraction of sp³-hybridized carbons (Fsp3) is 0.583. The maximum absolute atomic E-state index is 12.6. The Bertz CT molecular complexity index is 445. The number of nitrogens with zero attached hydrogens (tertiary/aromatic N) is 2. The minimum Gasteiger partial charge on any atom is -0.474 e. The Balaban J connectivity index is 2.10. The van der Waals surface area contributed by atoms with E-state index in [-0.39, 0.29) is 17.1 Å². The van der Waals surface area contributed by atoms with Crippen LogP contribution < -0.4 is 4.74 Å². The molecule has 0 bridgehead atoms. The number of ether oxygens (including phenoxy) is 1. The van der Waals surface area contributed by atoms with Gasteiger partial charge in [0.2, 0.25) is 5.88 Å². The second-order valence-electron chi connectivity index (χ2n) is 4.64. The van der Waals surface area contributed by atoms with Crippen molar-refractivity contribution in [3.8, 4) is 5.88 Å². The lowest BCUT2D eigenvalue weighted by molar-refractivity contribution is -0.137. The summed E-state index contributed by atoms with van der Waals surface area (Å²) in [6, 6.07) is 1.69. The van der Waals surface area contributed by atoms with Crippen molar-refractivity contribution in [1.29, 1.82) is 0 Å². The van der Waals surface area contributed by atoms with Crippen LogP contribution in [0.4, 0.5) is 13.2 Å². The highest BCUT2D eigenvalue weighted by molar-refractivity contribution is 6.29. The lowest BCUT2D eigenvalue weighted by Crippen LogP contribution is -2.35. The van der Waals surface area contributed by atoms with Crippen LogP contribution in [-0.4, -0.2) is 36.1 Å². The highest BCUT2D eigenvalue weighted by Crippen LogP contribution is 2.33. The number of aromatic nitrogens is 1. The van der Waals surface area contributed by atoms with E-state index in [1.165, 1.54) is 0 Å². The Hall–Kier alpha value is -1.01. The van der Waals surface area contributed by atoms with Gasteiger partial charge in [-0.25, -0.2) is 4.98 Å². The summed E-state index contributed by atoms with van der Waals surface area (Å²) in [7, 11) is 2.00. The summed E-state index contributed by atoms with van der Waals surface area (Å²) in [6.07, 6.45) is -3.02. The lowest BCUT2D eigenvalue weighted by atomic mass is 10.1. The van der Waals surface area contributed by atoms with Gasteiger partial charge in [0.1, 0.15) is 11.3 Å². The average molecular weight is 295 g/mol. The summed E-state index contributed by atoms with van der Waals surface area (Å²) in [5.74, 6) is -0.0608. The van der Waals surface area contributed by atoms with Crippen molar-refractivity contribution in [2.45, 2.75) is 25.1 Å². The number of likely N-dealkylation sites (tertiary alicyclic amines) is 1. The van der Waals surface area contributed by atoms with Crippen LogP contribution in [-0.2, 0) is 6.18 Å². The molecule has 0 aliphatic carbocycles. The van der Waals surface area contributed by atoms with Crippen molar-refractivity contribution >= 4 is 11.6 Å². The zero-order valence-electron chi connectivity index (χ0n) is 10.4. The normalized spacial score (nSPS) is 18.6. The molecule has 0 aromatic carbocycles. The molecule has 1 aliphatic heterocycles. The number of piperidine rings is 1. The topological polar surface area (TPSA) is 25.4 Å². The molecule has 106 valence electrons. The SMILES string of the molecule is CN1CCC(Oc2cc(C(F)(F)F)cc(Cl)n2)CC1. The summed E-state index contributed by atoms with van der Waals surface area (Å²) in [5.41, 5.74) is -0.838. The van der Waals surface area contributed by atoms with Crippen molar-refractivity contribution in [3.63, 3.8) is 0 Å². The van der Waals surface area contributed by atoms with E-state index in [0.29, 0.717) is 0 Å². The highest BCUT2D eigenvalue weighted by Gasteiger charge is 2.32. The van der Waals surface area contributed by atoms with Crippen LogP contribution in [0.1, 0.15) is 18.4 Å². The van der Waals surface area contributed by atoms with Crippen LogP contribution in [0.25, 0.3) is 0 Å². The summed E-state index contributed by atoms with van der Waals surface area (Å²) < 4.78 is 43.4. The Kier molecular flexibility index (Phi) is 4.20. The van der Waals surface area contributed by atoms with E-state index in [0.717, 1.165) is 38.1 Å². The van der Waals surface area contributed by atoms with Crippen LogP contribution in [0.3, 0.4) is 0 Å². The molecule has 1 aromatic rings. The molecular weight excluding hydrogens is 281 g/mol. The van der Waals surface area contributed by atoms with Crippen LogP contribution in [0.2, 0.25) is 5.15 Å². The fourth-order valence-corrected chi connectivity index (χ4v) is 2.17. The van der Waals surface area contributed by atoms with Crippen LogP contribution in [0, 0.1) is 0 Å². The van der Waals surface area contributed by atoms with Gasteiger partial charge in [-0.15, -0.1) is 0 Å². The molecule has 0 spiro atoms. The van der Waals surface area contributed by atoms with Crippen LogP contribution >= 0.6 is 11.6 Å². The predicted molar refractivity (Wildman–Crippen MR) is 65.4 cm³/mol. The van der Waals surface area contributed by atoms with Gasteiger partial charge in [0.05, 0.1) is 5.56 Å². The zero-order chi connectivity index (χ0) is 14.0. The van der Waals surface area contributed by atoms with Crippen LogP contribution in [0.15, 0.2) is 12.1 Å². The molecule has 19 heavy (non-hydrogen) atoms. The fourth-order valence-electron chi connectivity index (χ4n) is 1.97. The van der Waals surface area contributed by atoms with Gasteiger partial charge < -0.3 is 9.64 Å². The van der Waals surface area contributed by atoms with E-state index in [1.54, 1.807) is 0 Å². The van der Waals surface area contributed by atoms with Gasteiger partial charge in [-0.2, -0.15) is 13.2 Å². The quantitative estimate of drug-likeness (QED) is 0.783. The molecule has 0 saturated carbocycles. The molecule has 0 radical (unpaired) electrons. The average Bonchev–Trinajstić information content (AvgIpc) is 2.30. The highest BCUT2D eigenvalue weighted by atomic mass is 35.5. The molecule has 0 unspecified atom stereocenters. The number of hydrogen-bond acceptors (Lipinski definition) is 3. The van der Waals surface area contributed by atoms with Crippen molar-refractivity contribution in [2.24, 2.45) is 0 Å². The standard InChI is InChI=1S/C12H14ClF3N2O/c1-18-4-2-9(3-5-18)19-11-7-8(12(14,15)16)6-10(13)17-11/h6-7,9H,2-5H2,1H3. The van der Waals surface area contributed by atoms with Gasteiger partial charge in [0.25, 0.3) is 0 Å². The molecule has 1 aromatic heterocycles. The summed E-state index contributed by atoms with van der Waals surface area (Å²) in [5, 5.41) is -0.210. The monoisotopic (exact) mass is 294 g/mol.